The Bertz CT molecular complexity index is 861. The average Bonchev–Trinajstić information content (AvgIpc) is 3.23. The van der Waals surface area contributed by atoms with Crippen LogP contribution in [0.15, 0.2) is 48.9 Å². The largest absolute Gasteiger partial charge is 0.376 e. The molecule has 3 heterocycles. The Labute approximate surface area is 146 Å². The zero-order chi connectivity index (χ0) is 17.1. The van der Waals surface area contributed by atoms with Gasteiger partial charge < -0.3 is 14.6 Å². The van der Waals surface area contributed by atoms with Crippen LogP contribution in [0.2, 0.25) is 0 Å². The molecule has 1 aliphatic heterocycles. The van der Waals surface area contributed by atoms with Crippen molar-refractivity contribution in [2.24, 2.45) is 0 Å². The number of carbonyl (C=O) groups excluding carboxylic acids is 1. The fourth-order valence-electron chi connectivity index (χ4n) is 3.32. The number of para-hydroxylation sites is 1. The van der Waals surface area contributed by atoms with Gasteiger partial charge in [0.05, 0.1) is 24.5 Å². The fourth-order valence-corrected chi connectivity index (χ4v) is 3.32. The molecule has 3 aromatic rings. The molecule has 1 unspecified atom stereocenters. The summed E-state index contributed by atoms with van der Waals surface area (Å²) < 4.78 is 9.52. The van der Waals surface area contributed by atoms with E-state index in [1.165, 1.54) is 6.42 Å². The van der Waals surface area contributed by atoms with E-state index in [1.807, 2.05) is 52.0 Å². The summed E-state index contributed by atoms with van der Waals surface area (Å²) >= 11 is 0. The Balaban J connectivity index is 1.36. The SMILES string of the molecule is O=C(Cn1ccc2ccccc21)Nc1cnn(CC2CCCCO2)c1. The van der Waals surface area contributed by atoms with Crippen molar-refractivity contribution in [2.75, 3.05) is 11.9 Å². The number of nitrogens with zero attached hydrogens (tertiary/aromatic N) is 3. The second-order valence-corrected chi connectivity index (χ2v) is 6.49. The molecule has 25 heavy (non-hydrogen) atoms. The summed E-state index contributed by atoms with van der Waals surface area (Å²) in [6, 6.07) is 10.1. The monoisotopic (exact) mass is 338 g/mol. The van der Waals surface area contributed by atoms with Crippen LogP contribution in [0.5, 0.6) is 0 Å². The molecule has 2 aromatic heterocycles. The molecule has 130 valence electrons. The number of hydrogen-bond donors (Lipinski definition) is 1. The van der Waals surface area contributed by atoms with Crippen molar-refractivity contribution in [3.63, 3.8) is 0 Å². The highest BCUT2D eigenvalue weighted by Gasteiger charge is 2.15. The van der Waals surface area contributed by atoms with Gasteiger partial charge in [0, 0.05) is 24.5 Å². The third-order valence-corrected chi connectivity index (χ3v) is 4.58. The van der Waals surface area contributed by atoms with E-state index >= 15 is 0 Å². The van der Waals surface area contributed by atoms with Gasteiger partial charge in [-0.15, -0.1) is 0 Å². The van der Waals surface area contributed by atoms with Crippen LogP contribution in [0, 0.1) is 0 Å². The van der Waals surface area contributed by atoms with Gasteiger partial charge in [0.2, 0.25) is 5.91 Å². The number of rotatable bonds is 5. The summed E-state index contributed by atoms with van der Waals surface area (Å²) in [6.07, 6.45) is 9.14. The lowest BCUT2D eigenvalue weighted by molar-refractivity contribution is -0.116. The lowest BCUT2D eigenvalue weighted by atomic mass is 10.1. The van der Waals surface area contributed by atoms with E-state index in [9.17, 15) is 4.79 Å². The lowest BCUT2D eigenvalue weighted by Crippen LogP contribution is -2.24. The second-order valence-electron chi connectivity index (χ2n) is 6.49. The van der Waals surface area contributed by atoms with E-state index < -0.39 is 0 Å². The van der Waals surface area contributed by atoms with Crippen molar-refractivity contribution in [1.29, 1.82) is 0 Å². The third-order valence-electron chi connectivity index (χ3n) is 4.58. The van der Waals surface area contributed by atoms with Crippen molar-refractivity contribution in [3.05, 3.63) is 48.9 Å². The molecular weight excluding hydrogens is 316 g/mol. The number of ether oxygens (including phenoxy) is 1. The highest BCUT2D eigenvalue weighted by molar-refractivity contribution is 5.91. The highest BCUT2D eigenvalue weighted by Crippen LogP contribution is 2.17. The molecule has 1 atom stereocenters. The molecule has 4 rings (SSSR count). The Kier molecular flexibility index (Phi) is 4.52. The topological polar surface area (TPSA) is 61.1 Å². The Morgan fingerprint density at radius 1 is 1.28 bits per heavy atom. The minimum absolute atomic E-state index is 0.0604. The quantitative estimate of drug-likeness (QED) is 0.778. The highest BCUT2D eigenvalue weighted by atomic mass is 16.5. The van der Waals surface area contributed by atoms with Gasteiger partial charge in [-0.1, -0.05) is 18.2 Å². The smallest absolute Gasteiger partial charge is 0.244 e. The molecule has 6 heteroatoms. The molecule has 1 fully saturated rings. The predicted octanol–water partition coefficient (Wildman–Crippen LogP) is 3.05. The first-order valence-corrected chi connectivity index (χ1v) is 8.76. The van der Waals surface area contributed by atoms with Gasteiger partial charge >= 0.3 is 0 Å². The minimum atomic E-state index is -0.0604. The van der Waals surface area contributed by atoms with E-state index in [1.54, 1.807) is 6.20 Å². The zero-order valence-corrected chi connectivity index (χ0v) is 14.1. The molecule has 0 bridgehead atoms. The maximum atomic E-state index is 12.3. The number of hydrogen-bond acceptors (Lipinski definition) is 3. The van der Waals surface area contributed by atoms with Crippen molar-refractivity contribution >= 4 is 22.5 Å². The molecule has 1 aromatic carbocycles. The van der Waals surface area contributed by atoms with Gasteiger partial charge in [-0.05, 0) is 36.8 Å². The number of benzene rings is 1. The van der Waals surface area contributed by atoms with Crippen LogP contribution in [-0.4, -0.2) is 33.0 Å². The normalized spacial score (nSPS) is 17.7. The van der Waals surface area contributed by atoms with E-state index in [0.717, 1.165) is 42.6 Å². The summed E-state index contributed by atoms with van der Waals surface area (Å²) in [6.45, 7) is 1.85. The maximum Gasteiger partial charge on any atom is 0.244 e. The number of fused-ring (bicyclic) bond motifs is 1. The van der Waals surface area contributed by atoms with Crippen molar-refractivity contribution < 1.29 is 9.53 Å². The van der Waals surface area contributed by atoms with Crippen LogP contribution in [0.4, 0.5) is 5.69 Å². The van der Waals surface area contributed by atoms with Gasteiger partial charge in [-0.3, -0.25) is 9.48 Å². The Morgan fingerprint density at radius 2 is 2.20 bits per heavy atom. The summed E-state index contributed by atoms with van der Waals surface area (Å²) in [5, 5.41) is 8.38. The van der Waals surface area contributed by atoms with Crippen LogP contribution in [0.25, 0.3) is 10.9 Å². The summed E-state index contributed by atoms with van der Waals surface area (Å²) in [4.78, 5) is 12.3. The van der Waals surface area contributed by atoms with Gasteiger partial charge in [-0.25, -0.2) is 0 Å². The fraction of sp³-hybridized carbons (Fsp3) is 0.368. The first kappa shape index (κ1) is 15.9. The van der Waals surface area contributed by atoms with Crippen molar-refractivity contribution in [1.82, 2.24) is 14.3 Å². The number of aromatic nitrogens is 3. The second kappa shape index (κ2) is 7.11. The molecule has 0 aliphatic carbocycles. The van der Waals surface area contributed by atoms with Crippen molar-refractivity contribution in [2.45, 2.75) is 38.5 Å². The summed E-state index contributed by atoms with van der Waals surface area (Å²) in [7, 11) is 0. The zero-order valence-electron chi connectivity index (χ0n) is 14.1. The molecule has 6 nitrogen and oxygen atoms in total. The molecular formula is C19H22N4O2. The van der Waals surface area contributed by atoms with E-state index in [4.69, 9.17) is 4.74 Å². The van der Waals surface area contributed by atoms with Crippen LogP contribution >= 0.6 is 0 Å². The third kappa shape index (κ3) is 3.74. The molecule has 1 saturated heterocycles. The number of anilines is 1. The standard InChI is InChI=1S/C19H22N4O2/c24-19(14-22-9-8-15-5-1-2-7-18(15)22)21-16-11-20-23(12-16)13-17-6-3-4-10-25-17/h1-2,5,7-9,11-12,17H,3-4,6,10,13-14H2,(H,21,24). The maximum absolute atomic E-state index is 12.3. The average molecular weight is 338 g/mol. The summed E-state index contributed by atoms with van der Waals surface area (Å²) in [5.74, 6) is -0.0604. The van der Waals surface area contributed by atoms with E-state index in [2.05, 4.69) is 10.4 Å². The Morgan fingerprint density at radius 3 is 3.08 bits per heavy atom. The van der Waals surface area contributed by atoms with Gasteiger partial charge in [0.15, 0.2) is 0 Å². The van der Waals surface area contributed by atoms with Crippen LogP contribution in [-0.2, 0) is 22.6 Å². The summed E-state index contributed by atoms with van der Waals surface area (Å²) in [5.41, 5.74) is 1.78. The van der Waals surface area contributed by atoms with Gasteiger partial charge in [0.1, 0.15) is 6.54 Å². The number of nitrogens with one attached hydrogen (secondary N) is 1. The first-order chi connectivity index (χ1) is 12.3. The van der Waals surface area contributed by atoms with Crippen LogP contribution < -0.4 is 5.32 Å². The molecule has 1 amide bonds. The minimum Gasteiger partial charge on any atom is -0.376 e. The lowest BCUT2D eigenvalue weighted by Gasteiger charge is -2.22. The number of carbonyl (C=O) groups is 1. The van der Waals surface area contributed by atoms with E-state index in [-0.39, 0.29) is 18.6 Å². The molecule has 1 aliphatic rings. The van der Waals surface area contributed by atoms with Crippen LogP contribution in [0.3, 0.4) is 0 Å². The van der Waals surface area contributed by atoms with Crippen molar-refractivity contribution in [3.8, 4) is 0 Å². The molecule has 0 radical (unpaired) electrons. The molecule has 1 N–H and O–H groups in total. The van der Waals surface area contributed by atoms with E-state index in [0.29, 0.717) is 0 Å². The number of amides is 1. The van der Waals surface area contributed by atoms with Gasteiger partial charge in [-0.2, -0.15) is 5.10 Å². The Hall–Kier alpha value is -2.60. The molecule has 0 saturated carbocycles. The first-order valence-electron chi connectivity index (χ1n) is 8.76. The predicted molar refractivity (Wildman–Crippen MR) is 96.4 cm³/mol. The molecule has 0 spiro atoms. The van der Waals surface area contributed by atoms with Crippen LogP contribution in [0.1, 0.15) is 19.3 Å². The van der Waals surface area contributed by atoms with Gasteiger partial charge in [0.25, 0.3) is 0 Å².